The number of aromatic nitrogens is 3. The van der Waals surface area contributed by atoms with Gasteiger partial charge in [-0.2, -0.15) is 0 Å². The minimum Gasteiger partial charge on any atom is -0.506 e. The van der Waals surface area contributed by atoms with Gasteiger partial charge in [0.1, 0.15) is 22.5 Å². The van der Waals surface area contributed by atoms with E-state index in [0.29, 0.717) is 5.69 Å². The van der Waals surface area contributed by atoms with Crippen molar-refractivity contribution in [1.29, 1.82) is 0 Å². The molecule has 2 aromatic carbocycles. The maximum atomic E-state index is 9.69. The molecular formula is C21H31N3O. The molecule has 1 aromatic heterocycles. The largest absolute Gasteiger partial charge is 0.506 e. The van der Waals surface area contributed by atoms with E-state index in [2.05, 4.69) is 31.0 Å². The zero-order chi connectivity index (χ0) is 18.7. The van der Waals surface area contributed by atoms with Gasteiger partial charge in [0.2, 0.25) is 0 Å². The summed E-state index contributed by atoms with van der Waals surface area (Å²) in [5.74, 6) is 1.12. The molecule has 1 N–H and O–H groups in total. The van der Waals surface area contributed by atoms with Crippen molar-refractivity contribution in [3.05, 3.63) is 48.5 Å². The molecule has 0 amide bonds. The summed E-state index contributed by atoms with van der Waals surface area (Å²) in [5, 5.41) is 18.3. The van der Waals surface area contributed by atoms with Crippen molar-refractivity contribution >= 4 is 11.0 Å². The lowest BCUT2D eigenvalue weighted by Crippen LogP contribution is -1.98. The molecule has 25 heavy (non-hydrogen) atoms. The Hall–Kier alpha value is -2.36. The van der Waals surface area contributed by atoms with Gasteiger partial charge in [0.05, 0.1) is 0 Å². The summed E-state index contributed by atoms with van der Waals surface area (Å²) in [7, 11) is 0. The summed E-state index contributed by atoms with van der Waals surface area (Å²) in [5.41, 5.74) is 2.20. The zero-order valence-corrected chi connectivity index (χ0v) is 16.1. The van der Waals surface area contributed by atoms with E-state index in [4.69, 9.17) is 0 Å². The van der Waals surface area contributed by atoms with Crippen LogP contribution in [0.15, 0.2) is 48.5 Å². The van der Waals surface area contributed by atoms with Gasteiger partial charge >= 0.3 is 0 Å². The van der Waals surface area contributed by atoms with Gasteiger partial charge in [-0.3, -0.25) is 0 Å². The zero-order valence-electron chi connectivity index (χ0n) is 16.1. The van der Waals surface area contributed by atoms with Gasteiger partial charge < -0.3 is 5.11 Å². The van der Waals surface area contributed by atoms with Crippen LogP contribution in [0.25, 0.3) is 16.7 Å². The van der Waals surface area contributed by atoms with E-state index in [1.807, 2.05) is 44.2 Å². The second kappa shape index (κ2) is 11.2. The Kier molecular flexibility index (Phi) is 9.30. The number of nitrogens with zero attached hydrogens (tertiary/aromatic N) is 3. The van der Waals surface area contributed by atoms with Gasteiger partial charge in [-0.1, -0.05) is 78.1 Å². The molecule has 0 saturated heterocycles. The summed E-state index contributed by atoms with van der Waals surface area (Å²) >= 11 is 0. The molecule has 1 heterocycles. The quantitative estimate of drug-likeness (QED) is 0.634. The average molecular weight is 341 g/mol. The molecule has 1 unspecified atom stereocenters. The van der Waals surface area contributed by atoms with Crippen molar-refractivity contribution in [3.63, 3.8) is 0 Å². The van der Waals surface area contributed by atoms with E-state index < -0.39 is 0 Å². The maximum absolute atomic E-state index is 9.69. The second-order valence-corrected chi connectivity index (χ2v) is 5.77. The van der Waals surface area contributed by atoms with E-state index in [1.54, 1.807) is 18.2 Å². The molecular weight excluding hydrogens is 310 g/mol. The summed E-state index contributed by atoms with van der Waals surface area (Å²) in [6.45, 7) is 10.8. The fraction of sp³-hybridized carbons (Fsp3) is 0.429. The highest BCUT2D eigenvalue weighted by atomic mass is 16.3. The fourth-order valence-corrected chi connectivity index (χ4v) is 2.30. The Morgan fingerprint density at radius 2 is 1.44 bits per heavy atom. The van der Waals surface area contributed by atoms with Crippen LogP contribution in [0.2, 0.25) is 0 Å². The minimum atomic E-state index is 0.169. The summed E-state index contributed by atoms with van der Waals surface area (Å²) in [6, 6.07) is 14.6. The van der Waals surface area contributed by atoms with Crippen molar-refractivity contribution in [2.45, 2.75) is 53.9 Å². The highest BCUT2D eigenvalue weighted by molar-refractivity contribution is 5.73. The van der Waals surface area contributed by atoms with Crippen LogP contribution in [0, 0.1) is 5.92 Å². The number of fused-ring (bicyclic) bond motifs is 1. The minimum absolute atomic E-state index is 0.169. The molecule has 136 valence electrons. The normalized spacial score (nSPS) is 11.1. The number of rotatable bonds is 4. The molecule has 3 aromatic rings. The number of para-hydroxylation sites is 2. The van der Waals surface area contributed by atoms with Crippen LogP contribution in [-0.4, -0.2) is 20.1 Å². The summed E-state index contributed by atoms with van der Waals surface area (Å²) < 4.78 is 0. The molecule has 4 heteroatoms. The van der Waals surface area contributed by atoms with Crippen molar-refractivity contribution in [2.24, 2.45) is 5.92 Å². The third kappa shape index (κ3) is 6.22. The fourth-order valence-electron chi connectivity index (χ4n) is 2.30. The molecule has 0 radical (unpaired) electrons. The van der Waals surface area contributed by atoms with Crippen LogP contribution < -0.4 is 0 Å². The summed E-state index contributed by atoms with van der Waals surface area (Å²) in [4.78, 5) is 1.44. The van der Waals surface area contributed by atoms with Gasteiger partial charge in [-0.25, -0.2) is 0 Å². The third-order valence-electron chi connectivity index (χ3n) is 3.86. The highest BCUT2D eigenvalue weighted by Gasteiger charge is 2.06. The van der Waals surface area contributed by atoms with Crippen LogP contribution >= 0.6 is 0 Å². The number of phenolic OH excluding ortho intramolecular Hbond substituents is 1. The van der Waals surface area contributed by atoms with Crippen LogP contribution in [0.3, 0.4) is 0 Å². The molecule has 0 aliphatic carbocycles. The molecule has 0 aliphatic rings. The Balaban J connectivity index is 0.000000297. The van der Waals surface area contributed by atoms with Crippen molar-refractivity contribution in [2.75, 3.05) is 0 Å². The standard InChI is InChI=1S/C12H9N3O.C7H16.C2H6/c16-12-8-4-3-7-11(12)15-13-9-5-1-2-6-10(9)14-15;1-4-6-7(3)5-2;1-2/h1-8,16H;7H,4-6H2,1-3H3;1-2H3. The lowest BCUT2D eigenvalue weighted by atomic mass is 10.0. The van der Waals surface area contributed by atoms with Crippen LogP contribution in [0.4, 0.5) is 0 Å². The molecule has 0 fully saturated rings. The van der Waals surface area contributed by atoms with E-state index in [-0.39, 0.29) is 5.75 Å². The lowest BCUT2D eigenvalue weighted by Gasteiger charge is -2.02. The van der Waals surface area contributed by atoms with Crippen molar-refractivity contribution < 1.29 is 5.11 Å². The van der Waals surface area contributed by atoms with E-state index in [1.165, 1.54) is 24.1 Å². The number of hydrogen-bond donors (Lipinski definition) is 1. The Labute approximate surface area is 151 Å². The van der Waals surface area contributed by atoms with E-state index >= 15 is 0 Å². The van der Waals surface area contributed by atoms with Crippen molar-refractivity contribution in [3.8, 4) is 11.4 Å². The topological polar surface area (TPSA) is 50.9 Å². The smallest absolute Gasteiger partial charge is 0.143 e. The first-order valence-corrected chi connectivity index (χ1v) is 9.26. The molecule has 0 spiro atoms. The number of phenols is 1. The van der Waals surface area contributed by atoms with E-state index in [0.717, 1.165) is 17.0 Å². The predicted octanol–water partition coefficient (Wildman–Crippen LogP) is 5.98. The first-order chi connectivity index (χ1) is 12.2. The Morgan fingerprint density at radius 1 is 0.920 bits per heavy atom. The maximum Gasteiger partial charge on any atom is 0.143 e. The van der Waals surface area contributed by atoms with Gasteiger partial charge in [0.25, 0.3) is 0 Å². The van der Waals surface area contributed by atoms with Gasteiger partial charge in [0, 0.05) is 0 Å². The van der Waals surface area contributed by atoms with Crippen LogP contribution in [-0.2, 0) is 0 Å². The first-order valence-electron chi connectivity index (χ1n) is 9.26. The third-order valence-corrected chi connectivity index (χ3v) is 3.86. The number of aromatic hydroxyl groups is 1. The molecule has 1 atom stereocenters. The van der Waals surface area contributed by atoms with Crippen LogP contribution in [0.1, 0.15) is 53.9 Å². The van der Waals surface area contributed by atoms with Crippen LogP contribution in [0.5, 0.6) is 5.75 Å². The summed E-state index contributed by atoms with van der Waals surface area (Å²) in [6.07, 6.45) is 4.08. The van der Waals surface area contributed by atoms with Gasteiger partial charge in [0.15, 0.2) is 0 Å². The highest BCUT2D eigenvalue weighted by Crippen LogP contribution is 2.20. The average Bonchev–Trinajstić information content (AvgIpc) is 3.08. The lowest BCUT2D eigenvalue weighted by molar-refractivity contribution is 0.468. The van der Waals surface area contributed by atoms with E-state index in [9.17, 15) is 5.11 Å². The number of hydrogen-bond acceptors (Lipinski definition) is 3. The van der Waals surface area contributed by atoms with Gasteiger partial charge in [-0.15, -0.1) is 15.0 Å². The molecule has 0 saturated carbocycles. The Bertz CT molecular complexity index is 704. The SMILES string of the molecule is CC.CCCC(C)CC.Oc1ccccc1-n1nc2ccccc2n1. The first kappa shape index (κ1) is 20.7. The molecule has 0 aliphatic heterocycles. The second-order valence-electron chi connectivity index (χ2n) is 5.77. The molecule has 4 nitrogen and oxygen atoms in total. The predicted molar refractivity (Wildman–Crippen MR) is 106 cm³/mol. The van der Waals surface area contributed by atoms with Crippen molar-refractivity contribution in [1.82, 2.24) is 15.0 Å². The number of benzene rings is 2. The molecule has 0 bridgehead atoms. The monoisotopic (exact) mass is 341 g/mol. The molecule has 3 rings (SSSR count). The Morgan fingerprint density at radius 3 is 1.88 bits per heavy atom. The van der Waals surface area contributed by atoms with Gasteiger partial charge in [-0.05, 0) is 30.2 Å².